The van der Waals surface area contributed by atoms with Crippen LogP contribution in [0.1, 0.15) is 41.6 Å². The Morgan fingerprint density at radius 3 is 2.85 bits per heavy atom. The number of hydrogen-bond acceptors (Lipinski definition) is 3. The molecule has 0 aromatic heterocycles. The van der Waals surface area contributed by atoms with Crippen LogP contribution < -0.4 is 0 Å². The highest BCUT2D eigenvalue weighted by Crippen LogP contribution is 2.26. The number of benzene rings is 1. The van der Waals surface area contributed by atoms with E-state index in [1.807, 2.05) is 29.2 Å². The molecule has 0 saturated heterocycles. The summed E-state index contributed by atoms with van der Waals surface area (Å²) in [6, 6.07) is 7.96. The van der Waals surface area contributed by atoms with Gasteiger partial charge >= 0.3 is 0 Å². The van der Waals surface area contributed by atoms with Crippen molar-refractivity contribution >= 4 is 5.91 Å². The van der Waals surface area contributed by atoms with E-state index in [0.29, 0.717) is 31.2 Å². The Balaban J connectivity index is 2.11. The zero-order chi connectivity index (χ0) is 14.4. The van der Waals surface area contributed by atoms with Crippen molar-refractivity contribution in [2.45, 2.75) is 38.3 Å². The molecule has 0 radical (unpaired) electrons. The molecular formula is C16H23NO3. The predicted molar refractivity (Wildman–Crippen MR) is 77.5 cm³/mol. The molecule has 1 aliphatic carbocycles. The highest BCUT2D eigenvalue weighted by atomic mass is 16.5. The van der Waals surface area contributed by atoms with Crippen LogP contribution >= 0.6 is 0 Å². The molecule has 110 valence electrons. The molecule has 0 atom stereocenters. The van der Waals surface area contributed by atoms with E-state index in [0.717, 1.165) is 18.4 Å². The van der Waals surface area contributed by atoms with Crippen LogP contribution in [0.4, 0.5) is 0 Å². The second kappa shape index (κ2) is 7.41. The first kappa shape index (κ1) is 15.0. The molecule has 0 spiro atoms. The molecule has 4 heteroatoms. The number of amides is 1. The highest BCUT2D eigenvalue weighted by Gasteiger charge is 2.28. The van der Waals surface area contributed by atoms with E-state index in [-0.39, 0.29) is 12.5 Å². The van der Waals surface area contributed by atoms with Gasteiger partial charge in [0.25, 0.3) is 5.91 Å². The quantitative estimate of drug-likeness (QED) is 0.831. The summed E-state index contributed by atoms with van der Waals surface area (Å²) >= 11 is 0. The molecule has 1 N–H and O–H groups in total. The molecule has 0 unspecified atom stereocenters. The van der Waals surface area contributed by atoms with Gasteiger partial charge in [-0.1, -0.05) is 12.1 Å². The number of carbonyl (C=O) groups excluding carboxylic acids is 1. The van der Waals surface area contributed by atoms with Gasteiger partial charge in [0, 0.05) is 31.9 Å². The zero-order valence-corrected chi connectivity index (χ0v) is 12.0. The summed E-state index contributed by atoms with van der Waals surface area (Å²) in [5, 5.41) is 9.00. The van der Waals surface area contributed by atoms with E-state index in [1.165, 1.54) is 6.42 Å². The molecule has 1 amide bonds. The number of nitrogens with zero attached hydrogens (tertiary/aromatic N) is 1. The summed E-state index contributed by atoms with van der Waals surface area (Å²) < 4.78 is 5.11. The van der Waals surface area contributed by atoms with E-state index in [4.69, 9.17) is 9.84 Å². The summed E-state index contributed by atoms with van der Waals surface area (Å²) in [6.45, 7) is 1.27. The van der Waals surface area contributed by atoms with Crippen molar-refractivity contribution in [3.63, 3.8) is 0 Å². The first-order valence-corrected chi connectivity index (χ1v) is 7.26. The van der Waals surface area contributed by atoms with Crippen molar-refractivity contribution in [1.29, 1.82) is 0 Å². The molecule has 0 bridgehead atoms. The SMILES string of the molecule is COCc1cccc(C(=O)N(CCCO)C2CCC2)c1. The van der Waals surface area contributed by atoms with Gasteiger partial charge in [0.1, 0.15) is 0 Å². The second-order valence-corrected chi connectivity index (χ2v) is 5.29. The van der Waals surface area contributed by atoms with Crippen LogP contribution in [0.5, 0.6) is 0 Å². The van der Waals surface area contributed by atoms with Gasteiger partial charge < -0.3 is 14.7 Å². The molecule has 1 aromatic carbocycles. The third-order valence-electron chi connectivity index (χ3n) is 3.82. The molecule has 1 aliphatic rings. The van der Waals surface area contributed by atoms with Crippen molar-refractivity contribution in [3.05, 3.63) is 35.4 Å². The molecule has 2 rings (SSSR count). The Morgan fingerprint density at radius 2 is 2.25 bits per heavy atom. The van der Waals surface area contributed by atoms with Crippen molar-refractivity contribution < 1.29 is 14.6 Å². The number of rotatable bonds is 7. The molecule has 1 aromatic rings. The van der Waals surface area contributed by atoms with Crippen LogP contribution in [0.3, 0.4) is 0 Å². The second-order valence-electron chi connectivity index (χ2n) is 5.29. The molecule has 1 fully saturated rings. The van der Waals surface area contributed by atoms with Crippen molar-refractivity contribution in [2.24, 2.45) is 0 Å². The predicted octanol–water partition coefficient (Wildman–Crippen LogP) is 2.21. The minimum atomic E-state index is 0.0705. The minimum Gasteiger partial charge on any atom is -0.396 e. The lowest BCUT2D eigenvalue weighted by Crippen LogP contribution is -2.45. The van der Waals surface area contributed by atoms with Crippen LogP contribution in [0.2, 0.25) is 0 Å². The van der Waals surface area contributed by atoms with Crippen molar-refractivity contribution in [3.8, 4) is 0 Å². The summed E-state index contributed by atoms with van der Waals surface area (Å²) in [5.41, 5.74) is 1.72. The average Bonchev–Trinajstić information content (AvgIpc) is 2.41. The van der Waals surface area contributed by atoms with Crippen molar-refractivity contribution in [1.82, 2.24) is 4.90 Å². The Morgan fingerprint density at radius 1 is 1.45 bits per heavy atom. The Bertz CT molecular complexity index is 443. The van der Waals surface area contributed by atoms with Gasteiger partial charge in [-0.3, -0.25) is 4.79 Å². The fraction of sp³-hybridized carbons (Fsp3) is 0.562. The number of methoxy groups -OCH3 is 1. The third kappa shape index (κ3) is 3.58. The summed E-state index contributed by atoms with van der Waals surface area (Å²) in [4.78, 5) is 14.6. The summed E-state index contributed by atoms with van der Waals surface area (Å²) in [7, 11) is 1.65. The monoisotopic (exact) mass is 277 g/mol. The maximum absolute atomic E-state index is 12.6. The topological polar surface area (TPSA) is 49.8 Å². The standard InChI is InChI=1S/C16H23NO3/c1-20-12-13-5-2-6-14(11-13)16(19)17(9-4-10-18)15-7-3-8-15/h2,5-6,11,15,18H,3-4,7-10,12H2,1H3. The Hall–Kier alpha value is -1.39. The number of aliphatic hydroxyl groups excluding tert-OH is 1. The summed E-state index contributed by atoms with van der Waals surface area (Å²) in [5.74, 6) is 0.0705. The lowest BCUT2D eigenvalue weighted by atomic mass is 9.90. The van der Waals surface area contributed by atoms with Crippen LogP contribution in [-0.4, -0.2) is 42.2 Å². The number of ether oxygens (including phenoxy) is 1. The first-order chi connectivity index (χ1) is 9.76. The van der Waals surface area contributed by atoms with E-state index in [1.54, 1.807) is 7.11 Å². The van der Waals surface area contributed by atoms with Gasteiger partial charge in [-0.2, -0.15) is 0 Å². The fourth-order valence-corrected chi connectivity index (χ4v) is 2.52. The van der Waals surface area contributed by atoms with E-state index in [9.17, 15) is 4.79 Å². The number of carbonyl (C=O) groups is 1. The lowest BCUT2D eigenvalue weighted by molar-refractivity contribution is 0.0562. The smallest absolute Gasteiger partial charge is 0.254 e. The van der Waals surface area contributed by atoms with E-state index in [2.05, 4.69) is 0 Å². The molecule has 4 nitrogen and oxygen atoms in total. The number of hydrogen-bond donors (Lipinski definition) is 1. The molecular weight excluding hydrogens is 254 g/mol. The minimum absolute atomic E-state index is 0.0705. The maximum Gasteiger partial charge on any atom is 0.254 e. The van der Waals surface area contributed by atoms with Gasteiger partial charge in [0.05, 0.1) is 6.61 Å². The Labute approximate surface area is 120 Å². The molecule has 0 heterocycles. The average molecular weight is 277 g/mol. The van der Waals surface area contributed by atoms with Gasteiger partial charge in [-0.05, 0) is 43.4 Å². The third-order valence-corrected chi connectivity index (χ3v) is 3.82. The van der Waals surface area contributed by atoms with E-state index >= 15 is 0 Å². The maximum atomic E-state index is 12.6. The van der Waals surface area contributed by atoms with E-state index < -0.39 is 0 Å². The van der Waals surface area contributed by atoms with Gasteiger partial charge in [-0.15, -0.1) is 0 Å². The fourth-order valence-electron chi connectivity index (χ4n) is 2.52. The van der Waals surface area contributed by atoms with Crippen molar-refractivity contribution in [2.75, 3.05) is 20.3 Å². The Kier molecular flexibility index (Phi) is 5.56. The van der Waals surface area contributed by atoms with Crippen LogP contribution in [-0.2, 0) is 11.3 Å². The molecule has 1 saturated carbocycles. The van der Waals surface area contributed by atoms with Crippen LogP contribution in [0, 0.1) is 0 Å². The van der Waals surface area contributed by atoms with Crippen LogP contribution in [0.15, 0.2) is 24.3 Å². The van der Waals surface area contributed by atoms with Gasteiger partial charge in [-0.25, -0.2) is 0 Å². The normalized spacial score (nSPS) is 14.9. The molecule has 20 heavy (non-hydrogen) atoms. The lowest BCUT2D eigenvalue weighted by Gasteiger charge is -2.37. The number of aliphatic hydroxyl groups is 1. The first-order valence-electron chi connectivity index (χ1n) is 7.26. The zero-order valence-electron chi connectivity index (χ0n) is 12.0. The van der Waals surface area contributed by atoms with Gasteiger partial charge in [0.2, 0.25) is 0 Å². The molecule has 0 aliphatic heterocycles. The van der Waals surface area contributed by atoms with Crippen LogP contribution in [0.25, 0.3) is 0 Å². The largest absolute Gasteiger partial charge is 0.396 e. The highest BCUT2D eigenvalue weighted by molar-refractivity contribution is 5.94. The summed E-state index contributed by atoms with van der Waals surface area (Å²) in [6.07, 6.45) is 3.99. The van der Waals surface area contributed by atoms with Gasteiger partial charge in [0.15, 0.2) is 0 Å².